The van der Waals surface area contributed by atoms with Gasteiger partial charge in [0.25, 0.3) is 0 Å². The SMILES string of the molecule is CC1(C)[C@H]2C[C@@H]1[C@@H]1C([NH3+])=C(c3ccccc3)[P@](=O)(Cc3ccccc3)[C@@H]1C2. The van der Waals surface area contributed by atoms with Crippen molar-refractivity contribution in [3.05, 3.63) is 77.5 Å². The number of quaternary nitrogens is 1. The van der Waals surface area contributed by atoms with Gasteiger partial charge in [-0.3, -0.25) is 0 Å². The molecular weight excluding hydrogens is 349 g/mol. The summed E-state index contributed by atoms with van der Waals surface area (Å²) >= 11 is 0. The molecule has 6 rings (SSSR count). The Labute approximate surface area is 162 Å². The molecule has 2 aromatic carbocycles. The van der Waals surface area contributed by atoms with Crippen LogP contribution < -0.4 is 5.73 Å². The highest BCUT2D eigenvalue weighted by Crippen LogP contribution is 2.79. The summed E-state index contributed by atoms with van der Waals surface area (Å²) in [5, 5.41) is 1.10. The van der Waals surface area contributed by atoms with Crippen molar-refractivity contribution in [2.24, 2.45) is 23.2 Å². The van der Waals surface area contributed by atoms with Gasteiger partial charge in [-0.1, -0.05) is 74.5 Å². The minimum absolute atomic E-state index is 0.289. The highest BCUT2D eigenvalue weighted by atomic mass is 31.2. The maximum atomic E-state index is 14.8. The lowest BCUT2D eigenvalue weighted by Crippen LogP contribution is -2.62. The minimum Gasteiger partial charge on any atom is -0.328 e. The van der Waals surface area contributed by atoms with Crippen molar-refractivity contribution in [2.45, 2.75) is 38.5 Å². The zero-order valence-corrected chi connectivity index (χ0v) is 17.2. The van der Waals surface area contributed by atoms with E-state index < -0.39 is 7.14 Å². The average molecular weight is 378 g/mol. The first-order valence-electron chi connectivity index (χ1n) is 10.2. The molecule has 2 bridgehead atoms. The number of benzene rings is 2. The first-order chi connectivity index (χ1) is 12.9. The highest BCUT2D eigenvalue weighted by molar-refractivity contribution is 7.74. The molecule has 27 heavy (non-hydrogen) atoms. The van der Waals surface area contributed by atoms with Crippen molar-refractivity contribution >= 4 is 12.5 Å². The minimum atomic E-state index is -2.56. The second kappa shape index (κ2) is 5.93. The Hall–Kier alpha value is -1.63. The van der Waals surface area contributed by atoms with Gasteiger partial charge in [0, 0.05) is 17.7 Å². The van der Waals surface area contributed by atoms with Crippen LogP contribution in [0.1, 0.15) is 37.8 Å². The summed E-state index contributed by atoms with van der Waals surface area (Å²) in [7, 11) is -2.56. The summed E-state index contributed by atoms with van der Waals surface area (Å²) < 4.78 is 14.8. The molecule has 5 atom stereocenters. The van der Waals surface area contributed by atoms with Gasteiger partial charge in [-0.15, -0.1) is 0 Å². The molecule has 1 aliphatic heterocycles. The molecule has 0 spiro atoms. The van der Waals surface area contributed by atoms with Crippen LogP contribution in [0, 0.1) is 23.2 Å². The summed E-state index contributed by atoms with van der Waals surface area (Å²) in [5.41, 5.74) is 8.73. The molecule has 0 amide bonds. The van der Waals surface area contributed by atoms with Crippen LogP contribution in [0.25, 0.3) is 5.31 Å². The third kappa shape index (κ3) is 2.39. The Kier molecular flexibility index (Phi) is 3.84. The number of rotatable bonds is 3. The van der Waals surface area contributed by atoms with Crippen molar-refractivity contribution in [1.82, 2.24) is 0 Å². The lowest BCUT2D eigenvalue weighted by Gasteiger charge is -2.61. The molecule has 4 aliphatic rings. The van der Waals surface area contributed by atoms with E-state index in [-0.39, 0.29) is 5.66 Å². The summed E-state index contributed by atoms with van der Waals surface area (Å²) in [6.07, 6.45) is 3.08. The fraction of sp³-hybridized carbons (Fsp3) is 0.417. The second-order valence-corrected chi connectivity index (χ2v) is 12.4. The van der Waals surface area contributed by atoms with Crippen LogP contribution in [0.5, 0.6) is 0 Å². The van der Waals surface area contributed by atoms with E-state index in [2.05, 4.69) is 68.1 Å². The molecule has 0 radical (unpaired) electrons. The quantitative estimate of drug-likeness (QED) is 0.731. The van der Waals surface area contributed by atoms with Gasteiger partial charge in [-0.25, -0.2) is 0 Å². The van der Waals surface area contributed by atoms with Crippen molar-refractivity contribution in [3.8, 4) is 0 Å². The standard InChI is InChI=1S/C24H28NOP/c1-24(2)18-13-19(24)21-20(14-18)27(26,15-16-9-5-3-6-10-16)23(22(21)25)17-11-7-4-8-12-17/h3-12,18-21H,13-15,25H2,1-2H3/p+1/t18-,19+,20+,21-,27-/m0/s1. The number of hydrogen-bond acceptors (Lipinski definition) is 1. The first kappa shape index (κ1) is 17.5. The predicted molar refractivity (Wildman–Crippen MR) is 111 cm³/mol. The first-order valence-corrected chi connectivity index (χ1v) is 12.1. The average Bonchev–Trinajstić information content (AvgIpc) is 2.90. The summed E-state index contributed by atoms with van der Waals surface area (Å²) in [6, 6.07) is 20.9. The topological polar surface area (TPSA) is 44.7 Å². The van der Waals surface area contributed by atoms with Crippen LogP contribution >= 0.6 is 7.14 Å². The molecule has 3 saturated carbocycles. The second-order valence-electron chi connectivity index (χ2n) is 9.37. The Bertz CT molecular complexity index is 947. The summed E-state index contributed by atoms with van der Waals surface area (Å²) in [4.78, 5) is 0. The van der Waals surface area contributed by atoms with E-state index in [1.54, 1.807) is 0 Å². The van der Waals surface area contributed by atoms with E-state index in [0.29, 0.717) is 23.4 Å². The Morgan fingerprint density at radius 3 is 2.26 bits per heavy atom. The van der Waals surface area contributed by atoms with Crippen LogP contribution in [0.3, 0.4) is 0 Å². The van der Waals surface area contributed by atoms with E-state index >= 15 is 0 Å². The van der Waals surface area contributed by atoms with Crippen LogP contribution in [0.15, 0.2) is 66.4 Å². The molecule has 3 fully saturated rings. The molecular formula is C24H29NOP+. The predicted octanol–water partition coefficient (Wildman–Crippen LogP) is 5.22. The lowest BCUT2D eigenvalue weighted by atomic mass is 9.45. The van der Waals surface area contributed by atoms with E-state index in [0.717, 1.165) is 23.2 Å². The van der Waals surface area contributed by atoms with Crippen LogP contribution in [0.2, 0.25) is 0 Å². The molecule has 3 heteroatoms. The molecule has 3 N–H and O–H groups in total. The van der Waals surface area contributed by atoms with Crippen molar-refractivity contribution in [1.29, 1.82) is 0 Å². The Morgan fingerprint density at radius 2 is 1.63 bits per heavy atom. The van der Waals surface area contributed by atoms with Gasteiger partial charge in [0.15, 0.2) is 0 Å². The van der Waals surface area contributed by atoms with E-state index in [4.69, 9.17) is 0 Å². The van der Waals surface area contributed by atoms with Crippen LogP contribution in [0.4, 0.5) is 0 Å². The lowest BCUT2D eigenvalue weighted by molar-refractivity contribution is -0.324. The third-order valence-corrected chi connectivity index (χ3v) is 11.6. The van der Waals surface area contributed by atoms with Gasteiger partial charge >= 0.3 is 0 Å². The molecule has 2 nitrogen and oxygen atoms in total. The summed E-state index contributed by atoms with van der Waals surface area (Å²) in [6.45, 7) is 4.83. The van der Waals surface area contributed by atoms with Crippen LogP contribution in [-0.4, -0.2) is 5.66 Å². The van der Waals surface area contributed by atoms with E-state index in [1.165, 1.54) is 17.7 Å². The van der Waals surface area contributed by atoms with Gasteiger partial charge in [0.1, 0.15) is 12.8 Å². The third-order valence-electron chi connectivity index (χ3n) is 7.85. The Morgan fingerprint density at radius 1 is 1.00 bits per heavy atom. The molecule has 0 saturated heterocycles. The van der Waals surface area contributed by atoms with Crippen molar-refractivity contribution < 1.29 is 10.3 Å². The smallest absolute Gasteiger partial charge is 0.129 e. The normalized spacial score (nSPS) is 36.3. The largest absolute Gasteiger partial charge is 0.328 e. The van der Waals surface area contributed by atoms with Crippen LogP contribution in [-0.2, 0) is 10.7 Å². The van der Waals surface area contributed by atoms with Gasteiger partial charge in [-0.2, -0.15) is 0 Å². The van der Waals surface area contributed by atoms with Gasteiger partial charge in [0.2, 0.25) is 0 Å². The van der Waals surface area contributed by atoms with E-state index in [1.807, 2.05) is 12.1 Å². The monoisotopic (exact) mass is 378 g/mol. The molecule has 0 unspecified atom stereocenters. The van der Waals surface area contributed by atoms with Gasteiger partial charge < -0.3 is 10.3 Å². The molecule has 1 heterocycles. The Balaban J connectivity index is 1.65. The van der Waals surface area contributed by atoms with Gasteiger partial charge in [0.05, 0.1) is 5.31 Å². The molecule has 2 aromatic rings. The zero-order valence-electron chi connectivity index (χ0n) is 16.3. The fourth-order valence-electron chi connectivity index (χ4n) is 6.29. The highest BCUT2D eigenvalue weighted by Gasteiger charge is 2.66. The van der Waals surface area contributed by atoms with Crippen molar-refractivity contribution in [3.63, 3.8) is 0 Å². The maximum absolute atomic E-state index is 14.8. The molecule has 140 valence electrons. The number of allylic oxidation sites excluding steroid dienone is 1. The number of hydrogen-bond donors (Lipinski definition) is 1. The van der Waals surface area contributed by atoms with E-state index in [9.17, 15) is 4.57 Å². The van der Waals surface area contributed by atoms with Crippen molar-refractivity contribution in [2.75, 3.05) is 0 Å². The molecule has 3 aliphatic carbocycles. The fourth-order valence-corrected chi connectivity index (χ4v) is 10.5. The zero-order chi connectivity index (χ0) is 18.8. The summed E-state index contributed by atoms with van der Waals surface area (Å²) in [5.74, 6) is 1.75. The van der Waals surface area contributed by atoms with Gasteiger partial charge in [-0.05, 0) is 41.2 Å². The molecule has 0 aromatic heterocycles. The maximum Gasteiger partial charge on any atom is 0.129 e.